The molecule has 0 N–H and O–H groups in total. The number of anilines is 1. The van der Waals surface area contributed by atoms with Crippen LogP contribution in [0.2, 0.25) is 0 Å². The van der Waals surface area contributed by atoms with Crippen LogP contribution in [0.25, 0.3) is 21.1 Å². The summed E-state index contributed by atoms with van der Waals surface area (Å²) in [7, 11) is 0. The molecule has 9 heteroatoms. The Kier molecular flexibility index (Phi) is 5.59. The number of tetrazole rings is 1. The van der Waals surface area contributed by atoms with Gasteiger partial charge >= 0.3 is 0 Å². The number of nitrogens with zero attached hydrogens (tertiary/aromatic N) is 8. The first-order valence-corrected chi connectivity index (χ1v) is 13.6. The topological polar surface area (TPSA) is 75.9 Å². The summed E-state index contributed by atoms with van der Waals surface area (Å²) in [6, 6.07) is 19.5. The molecule has 2 aromatic carbocycles. The third-order valence-electron chi connectivity index (χ3n) is 7.61. The second-order valence-electron chi connectivity index (χ2n) is 9.77. The third kappa shape index (κ3) is 3.92. The lowest BCUT2D eigenvalue weighted by Crippen LogP contribution is -2.48. The summed E-state index contributed by atoms with van der Waals surface area (Å²) < 4.78 is 3.36. The number of rotatable bonds is 5. The standard InChI is InChI=1S/C27H28N8S/c1-2-8-21(7-1)35-26(30-31-32-35)25(20-11-12-22-19(18-20)6-5-13-28-22)33-14-16-34(17-15-33)27-29-23-9-3-4-10-24(23)36-27/h3-6,9-13,18,21,25H,1-2,7-8,14-17H2/t25-/m1/s1. The van der Waals surface area contributed by atoms with Gasteiger partial charge in [-0.25, -0.2) is 9.67 Å². The molecule has 36 heavy (non-hydrogen) atoms. The first-order chi connectivity index (χ1) is 17.8. The van der Waals surface area contributed by atoms with Crippen molar-refractivity contribution in [2.75, 3.05) is 31.1 Å². The minimum Gasteiger partial charge on any atom is -0.345 e. The van der Waals surface area contributed by atoms with Crippen LogP contribution in [0.4, 0.5) is 5.13 Å². The summed E-state index contributed by atoms with van der Waals surface area (Å²) >= 11 is 1.78. The van der Waals surface area contributed by atoms with Gasteiger partial charge in [0.25, 0.3) is 0 Å². The molecule has 182 valence electrons. The Bertz CT molecular complexity index is 1460. The van der Waals surface area contributed by atoms with Gasteiger partial charge in [0.2, 0.25) is 0 Å². The van der Waals surface area contributed by atoms with Crippen LogP contribution in [0.1, 0.15) is 49.2 Å². The van der Waals surface area contributed by atoms with Gasteiger partial charge < -0.3 is 4.90 Å². The van der Waals surface area contributed by atoms with Crippen LogP contribution in [-0.4, -0.2) is 61.3 Å². The van der Waals surface area contributed by atoms with Gasteiger partial charge in [0.05, 0.1) is 27.8 Å². The van der Waals surface area contributed by atoms with E-state index in [0.717, 1.165) is 66.4 Å². The van der Waals surface area contributed by atoms with Crippen molar-refractivity contribution in [2.45, 2.75) is 37.8 Å². The third-order valence-corrected chi connectivity index (χ3v) is 8.71. The molecule has 0 spiro atoms. The molecule has 7 rings (SSSR count). The number of thiazole rings is 1. The summed E-state index contributed by atoms with van der Waals surface area (Å²) in [4.78, 5) is 14.4. The summed E-state index contributed by atoms with van der Waals surface area (Å²) in [6.45, 7) is 3.69. The molecule has 0 bridgehead atoms. The maximum atomic E-state index is 4.90. The predicted octanol–water partition coefficient (Wildman–Crippen LogP) is 4.86. The summed E-state index contributed by atoms with van der Waals surface area (Å²) in [5, 5.41) is 15.5. The zero-order valence-corrected chi connectivity index (χ0v) is 20.9. The Labute approximate surface area is 213 Å². The highest BCUT2D eigenvalue weighted by molar-refractivity contribution is 7.22. The van der Waals surface area contributed by atoms with E-state index in [-0.39, 0.29) is 6.04 Å². The number of hydrogen-bond acceptors (Lipinski definition) is 8. The molecule has 1 aliphatic heterocycles. The lowest BCUT2D eigenvalue weighted by atomic mass is 10.0. The van der Waals surface area contributed by atoms with E-state index < -0.39 is 0 Å². The molecule has 2 fully saturated rings. The summed E-state index contributed by atoms with van der Waals surface area (Å²) in [6.07, 6.45) is 6.64. The van der Waals surface area contributed by atoms with Crippen molar-refractivity contribution in [2.24, 2.45) is 0 Å². The van der Waals surface area contributed by atoms with Gasteiger partial charge in [-0.1, -0.05) is 48.4 Å². The molecule has 1 saturated carbocycles. The van der Waals surface area contributed by atoms with Crippen molar-refractivity contribution >= 4 is 37.6 Å². The lowest BCUT2D eigenvalue weighted by Gasteiger charge is -2.39. The molecule has 0 unspecified atom stereocenters. The number of fused-ring (bicyclic) bond motifs is 2. The second-order valence-corrected chi connectivity index (χ2v) is 10.8. The molecule has 1 aliphatic carbocycles. The van der Waals surface area contributed by atoms with E-state index in [0.29, 0.717) is 6.04 Å². The van der Waals surface area contributed by atoms with E-state index in [1.807, 2.05) is 12.3 Å². The van der Waals surface area contributed by atoms with Crippen LogP contribution in [0.5, 0.6) is 0 Å². The Morgan fingerprint density at radius 3 is 2.61 bits per heavy atom. The number of benzene rings is 2. The molecule has 8 nitrogen and oxygen atoms in total. The van der Waals surface area contributed by atoms with Crippen LogP contribution < -0.4 is 4.90 Å². The Morgan fingerprint density at radius 2 is 1.75 bits per heavy atom. The average molecular weight is 497 g/mol. The smallest absolute Gasteiger partial charge is 0.186 e. The van der Waals surface area contributed by atoms with E-state index in [2.05, 4.69) is 83.5 Å². The number of para-hydroxylation sites is 1. The van der Waals surface area contributed by atoms with E-state index in [4.69, 9.17) is 4.98 Å². The van der Waals surface area contributed by atoms with Crippen molar-refractivity contribution in [1.29, 1.82) is 0 Å². The first-order valence-electron chi connectivity index (χ1n) is 12.8. The van der Waals surface area contributed by atoms with E-state index in [1.54, 1.807) is 11.3 Å². The Hall–Kier alpha value is -3.43. The predicted molar refractivity (Wildman–Crippen MR) is 142 cm³/mol. The SMILES string of the molecule is c1cnc2ccc([C@H](c3nnnn3C3CCCC3)N3CCN(c4nc5ccccc5s4)CC3)cc2c1. The summed E-state index contributed by atoms with van der Waals surface area (Å²) in [5.74, 6) is 0.957. The maximum absolute atomic E-state index is 4.90. The lowest BCUT2D eigenvalue weighted by molar-refractivity contribution is 0.198. The first kappa shape index (κ1) is 21.8. The van der Waals surface area contributed by atoms with Crippen molar-refractivity contribution in [3.05, 3.63) is 72.2 Å². The molecular weight excluding hydrogens is 468 g/mol. The Morgan fingerprint density at radius 1 is 0.889 bits per heavy atom. The van der Waals surface area contributed by atoms with Gasteiger partial charge in [0.1, 0.15) is 0 Å². The van der Waals surface area contributed by atoms with Crippen LogP contribution in [0, 0.1) is 0 Å². The van der Waals surface area contributed by atoms with Gasteiger partial charge in [-0.3, -0.25) is 9.88 Å². The highest BCUT2D eigenvalue weighted by Crippen LogP contribution is 2.36. The zero-order valence-electron chi connectivity index (χ0n) is 20.1. The summed E-state index contributed by atoms with van der Waals surface area (Å²) in [5.41, 5.74) is 3.31. The number of pyridine rings is 1. The van der Waals surface area contributed by atoms with E-state index in [9.17, 15) is 0 Å². The minimum absolute atomic E-state index is 0.00252. The van der Waals surface area contributed by atoms with Crippen molar-refractivity contribution in [1.82, 2.24) is 35.1 Å². The fraction of sp³-hybridized carbons (Fsp3) is 0.370. The van der Waals surface area contributed by atoms with Gasteiger partial charge in [-0.05, 0) is 59.2 Å². The van der Waals surface area contributed by atoms with Crippen LogP contribution in [0.3, 0.4) is 0 Å². The maximum Gasteiger partial charge on any atom is 0.186 e. The van der Waals surface area contributed by atoms with Crippen molar-refractivity contribution < 1.29 is 0 Å². The molecule has 5 aromatic rings. The van der Waals surface area contributed by atoms with Crippen LogP contribution >= 0.6 is 11.3 Å². The van der Waals surface area contributed by atoms with Crippen LogP contribution in [-0.2, 0) is 0 Å². The highest BCUT2D eigenvalue weighted by Gasteiger charge is 2.33. The van der Waals surface area contributed by atoms with Gasteiger partial charge in [-0.15, -0.1) is 5.10 Å². The molecule has 3 aromatic heterocycles. The monoisotopic (exact) mass is 496 g/mol. The van der Waals surface area contributed by atoms with E-state index in [1.165, 1.54) is 23.1 Å². The fourth-order valence-corrected chi connectivity index (χ4v) is 6.76. The second kappa shape index (κ2) is 9.22. The van der Waals surface area contributed by atoms with Gasteiger partial charge in [-0.2, -0.15) is 0 Å². The number of aromatic nitrogens is 6. The largest absolute Gasteiger partial charge is 0.345 e. The van der Waals surface area contributed by atoms with Gasteiger partial charge in [0.15, 0.2) is 11.0 Å². The fourth-order valence-electron chi connectivity index (χ4n) is 5.74. The molecular formula is C27H28N8S. The number of hydrogen-bond donors (Lipinski definition) is 0. The molecule has 0 radical (unpaired) electrons. The quantitative estimate of drug-likeness (QED) is 0.344. The van der Waals surface area contributed by atoms with Gasteiger partial charge in [0, 0.05) is 37.8 Å². The highest BCUT2D eigenvalue weighted by atomic mass is 32.1. The van der Waals surface area contributed by atoms with Crippen molar-refractivity contribution in [3.8, 4) is 0 Å². The molecule has 0 amide bonds. The average Bonchev–Trinajstić information content (AvgIpc) is 3.70. The van der Waals surface area contributed by atoms with E-state index >= 15 is 0 Å². The minimum atomic E-state index is 0.00252. The molecule has 2 aliphatic rings. The van der Waals surface area contributed by atoms with Crippen LogP contribution in [0.15, 0.2) is 60.8 Å². The normalized spacial score (nSPS) is 18.4. The Balaban J connectivity index is 1.22. The number of piperazine rings is 1. The van der Waals surface area contributed by atoms with Crippen molar-refractivity contribution in [3.63, 3.8) is 0 Å². The molecule has 1 saturated heterocycles. The molecule has 4 heterocycles. The zero-order chi connectivity index (χ0) is 23.9. The molecule has 1 atom stereocenters.